The van der Waals surface area contributed by atoms with E-state index in [1.54, 1.807) is 12.3 Å². The van der Waals surface area contributed by atoms with Gasteiger partial charge in [0.15, 0.2) is 0 Å². The van der Waals surface area contributed by atoms with Gasteiger partial charge >= 0.3 is 0 Å². The van der Waals surface area contributed by atoms with Gasteiger partial charge in [0.2, 0.25) is 0 Å². The minimum Gasteiger partial charge on any atom is -0.487 e. The summed E-state index contributed by atoms with van der Waals surface area (Å²) in [5.74, 6) is 0.567. The number of nitrogens with two attached hydrogens (primary N) is 1. The van der Waals surface area contributed by atoms with Crippen molar-refractivity contribution in [2.75, 3.05) is 6.54 Å². The van der Waals surface area contributed by atoms with Gasteiger partial charge in [-0.15, -0.1) is 24.8 Å². The summed E-state index contributed by atoms with van der Waals surface area (Å²) in [6.07, 6.45) is 1.69. The molecule has 0 aliphatic heterocycles. The molecule has 5 nitrogen and oxygen atoms in total. The maximum Gasteiger partial charge on any atom is 0.251 e. The topological polar surface area (TPSA) is 77.2 Å². The average molecular weight is 386 g/mol. The van der Waals surface area contributed by atoms with Crippen molar-refractivity contribution < 1.29 is 9.53 Å². The Bertz CT molecular complexity index is 671. The Balaban J connectivity index is 0.00000288. The summed E-state index contributed by atoms with van der Waals surface area (Å²) >= 11 is 0. The maximum absolute atomic E-state index is 12.1. The van der Waals surface area contributed by atoms with Crippen LogP contribution in [0.4, 0.5) is 0 Å². The third kappa shape index (κ3) is 8.20. The first-order valence-corrected chi connectivity index (χ1v) is 7.55. The highest BCUT2D eigenvalue weighted by Crippen LogP contribution is 2.13. The van der Waals surface area contributed by atoms with Crippen LogP contribution in [-0.2, 0) is 6.61 Å². The highest BCUT2D eigenvalue weighted by atomic mass is 35.5. The van der Waals surface area contributed by atoms with Gasteiger partial charge in [-0.3, -0.25) is 9.78 Å². The number of ether oxygens (including phenoxy) is 1. The Morgan fingerprint density at radius 2 is 1.96 bits per heavy atom. The number of carbonyl (C=O) groups is 1. The van der Waals surface area contributed by atoms with Crippen LogP contribution in [0.5, 0.6) is 5.75 Å². The molecule has 0 saturated carbocycles. The number of carbonyl (C=O) groups excluding carboxylic acids is 1. The first-order valence-electron chi connectivity index (χ1n) is 7.55. The van der Waals surface area contributed by atoms with Crippen molar-refractivity contribution in [2.45, 2.75) is 32.9 Å². The Morgan fingerprint density at radius 3 is 2.56 bits per heavy atom. The third-order valence-corrected chi connectivity index (χ3v) is 3.18. The molecule has 2 aromatic rings. The zero-order valence-electron chi connectivity index (χ0n) is 14.6. The van der Waals surface area contributed by atoms with Gasteiger partial charge in [0.05, 0.1) is 6.20 Å². The standard InChI is InChI=1S/C18H23N3O2.2ClH/c1-13-7-8-16(10-20-13)23-11-14-5-4-6-15(9-14)17(22)21-12-18(2,3)19;;/h4-10H,11-12,19H2,1-3H3,(H,21,22);2*1H. The Labute approximate surface area is 161 Å². The van der Waals surface area contributed by atoms with E-state index in [0.29, 0.717) is 24.5 Å². The molecular weight excluding hydrogens is 361 g/mol. The zero-order valence-corrected chi connectivity index (χ0v) is 16.2. The normalized spacial score (nSPS) is 10.2. The minimum absolute atomic E-state index is 0. The van der Waals surface area contributed by atoms with Crippen LogP contribution in [0.25, 0.3) is 0 Å². The molecule has 1 aromatic heterocycles. The fourth-order valence-electron chi connectivity index (χ4n) is 1.92. The van der Waals surface area contributed by atoms with Crippen LogP contribution >= 0.6 is 24.8 Å². The molecule has 25 heavy (non-hydrogen) atoms. The number of amides is 1. The van der Waals surface area contributed by atoms with E-state index in [4.69, 9.17) is 10.5 Å². The van der Waals surface area contributed by atoms with Crippen LogP contribution in [0.1, 0.15) is 35.5 Å². The Morgan fingerprint density at radius 1 is 1.24 bits per heavy atom. The molecule has 0 unspecified atom stereocenters. The second-order valence-electron chi connectivity index (χ2n) is 6.30. The van der Waals surface area contributed by atoms with Gasteiger partial charge in [-0.05, 0) is 50.6 Å². The van der Waals surface area contributed by atoms with E-state index in [1.165, 1.54) is 0 Å². The fraction of sp³-hybridized carbons (Fsp3) is 0.333. The number of nitrogens with zero attached hydrogens (tertiary/aromatic N) is 1. The lowest BCUT2D eigenvalue weighted by Crippen LogP contribution is -2.45. The molecule has 7 heteroatoms. The number of rotatable bonds is 6. The summed E-state index contributed by atoms with van der Waals surface area (Å²) in [5, 5.41) is 2.83. The molecule has 0 bridgehead atoms. The molecule has 0 atom stereocenters. The zero-order chi connectivity index (χ0) is 16.9. The molecule has 1 heterocycles. The molecule has 0 fully saturated rings. The first kappa shape index (κ1) is 23.2. The van der Waals surface area contributed by atoms with E-state index in [-0.39, 0.29) is 30.7 Å². The average Bonchev–Trinajstić information content (AvgIpc) is 2.51. The number of aromatic nitrogens is 1. The van der Waals surface area contributed by atoms with Gasteiger partial charge in [-0.1, -0.05) is 12.1 Å². The summed E-state index contributed by atoms with van der Waals surface area (Å²) in [7, 11) is 0. The van der Waals surface area contributed by atoms with Crippen LogP contribution in [-0.4, -0.2) is 23.0 Å². The van der Waals surface area contributed by atoms with Gasteiger partial charge in [-0.25, -0.2) is 0 Å². The van der Waals surface area contributed by atoms with Crippen molar-refractivity contribution >= 4 is 30.7 Å². The van der Waals surface area contributed by atoms with Crippen molar-refractivity contribution in [3.8, 4) is 5.75 Å². The number of benzene rings is 1. The van der Waals surface area contributed by atoms with E-state index < -0.39 is 5.54 Å². The third-order valence-electron chi connectivity index (χ3n) is 3.18. The number of aryl methyl sites for hydroxylation is 1. The van der Waals surface area contributed by atoms with Crippen molar-refractivity contribution in [3.05, 3.63) is 59.4 Å². The summed E-state index contributed by atoms with van der Waals surface area (Å²) < 4.78 is 5.68. The molecule has 2 rings (SSSR count). The lowest BCUT2D eigenvalue weighted by atomic mass is 10.1. The van der Waals surface area contributed by atoms with Crippen molar-refractivity contribution in [3.63, 3.8) is 0 Å². The first-order chi connectivity index (χ1) is 10.8. The molecule has 0 saturated heterocycles. The van der Waals surface area contributed by atoms with Gasteiger partial charge in [0.1, 0.15) is 12.4 Å². The smallest absolute Gasteiger partial charge is 0.251 e. The van der Waals surface area contributed by atoms with Crippen molar-refractivity contribution in [1.82, 2.24) is 10.3 Å². The van der Waals surface area contributed by atoms with Gasteiger partial charge in [0, 0.05) is 23.3 Å². The van der Waals surface area contributed by atoms with Crippen LogP contribution < -0.4 is 15.8 Å². The molecule has 3 N–H and O–H groups in total. The van der Waals surface area contributed by atoms with Crippen LogP contribution in [0.2, 0.25) is 0 Å². The second-order valence-corrected chi connectivity index (χ2v) is 6.30. The van der Waals surface area contributed by atoms with Crippen LogP contribution in [0.3, 0.4) is 0 Å². The Kier molecular flexibility index (Phi) is 9.49. The highest BCUT2D eigenvalue weighted by Gasteiger charge is 2.13. The number of nitrogens with one attached hydrogen (secondary N) is 1. The van der Waals surface area contributed by atoms with Crippen molar-refractivity contribution in [1.29, 1.82) is 0 Å². The second kappa shape index (κ2) is 10.2. The summed E-state index contributed by atoms with van der Waals surface area (Å²) in [5.41, 5.74) is 7.90. The summed E-state index contributed by atoms with van der Waals surface area (Å²) in [4.78, 5) is 16.3. The van der Waals surface area contributed by atoms with E-state index >= 15 is 0 Å². The highest BCUT2D eigenvalue weighted by molar-refractivity contribution is 5.94. The molecule has 0 radical (unpaired) electrons. The molecule has 0 aliphatic rings. The largest absolute Gasteiger partial charge is 0.487 e. The number of hydrogen-bond donors (Lipinski definition) is 2. The number of halogens is 2. The maximum atomic E-state index is 12.1. The van der Waals surface area contributed by atoms with Gasteiger partial charge in [-0.2, -0.15) is 0 Å². The lowest BCUT2D eigenvalue weighted by molar-refractivity contribution is 0.0946. The minimum atomic E-state index is -0.436. The lowest BCUT2D eigenvalue weighted by Gasteiger charge is -2.19. The molecular formula is C18H25Cl2N3O2. The molecule has 1 amide bonds. The van der Waals surface area contributed by atoms with E-state index in [9.17, 15) is 4.79 Å². The molecule has 0 aliphatic carbocycles. The Hall–Kier alpha value is -1.82. The predicted molar refractivity (Wildman–Crippen MR) is 105 cm³/mol. The molecule has 0 spiro atoms. The number of pyridine rings is 1. The van der Waals surface area contributed by atoms with Gasteiger partial charge in [0.25, 0.3) is 5.91 Å². The molecule has 1 aromatic carbocycles. The van der Waals surface area contributed by atoms with E-state index in [0.717, 1.165) is 11.3 Å². The summed E-state index contributed by atoms with van der Waals surface area (Å²) in [6.45, 7) is 6.46. The van der Waals surface area contributed by atoms with Crippen molar-refractivity contribution in [2.24, 2.45) is 5.73 Å². The van der Waals surface area contributed by atoms with Crippen LogP contribution in [0.15, 0.2) is 42.6 Å². The van der Waals surface area contributed by atoms with E-state index in [1.807, 2.05) is 51.1 Å². The number of hydrogen-bond acceptors (Lipinski definition) is 4. The predicted octanol–water partition coefficient (Wildman–Crippen LogP) is 3.28. The monoisotopic (exact) mass is 385 g/mol. The van der Waals surface area contributed by atoms with Crippen LogP contribution in [0, 0.1) is 6.92 Å². The fourth-order valence-corrected chi connectivity index (χ4v) is 1.92. The summed E-state index contributed by atoms with van der Waals surface area (Å²) in [6, 6.07) is 11.1. The quantitative estimate of drug-likeness (QED) is 0.799. The molecule has 138 valence electrons. The SMILES string of the molecule is Cc1ccc(OCc2cccc(C(=O)NCC(C)(C)N)c2)cn1.Cl.Cl. The van der Waals surface area contributed by atoms with E-state index in [2.05, 4.69) is 10.3 Å². The van der Waals surface area contributed by atoms with Gasteiger partial charge < -0.3 is 15.8 Å².